The zero-order valence-corrected chi connectivity index (χ0v) is 14.4. The second kappa shape index (κ2) is 7.78. The summed E-state index contributed by atoms with van der Waals surface area (Å²) in [5.41, 5.74) is 0.655. The number of anilines is 1. The van der Waals surface area contributed by atoms with Crippen molar-refractivity contribution < 1.29 is 23.5 Å². The summed E-state index contributed by atoms with van der Waals surface area (Å²) in [7, 11) is 0. The minimum Gasteiger partial charge on any atom is -0.459 e. The molecule has 0 bridgehead atoms. The molecule has 0 radical (unpaired) electrons. The van der Waals surface area contributed by atoms with Gasteiger partial charge in [-0.1, -0.05) is 0 Å². The van der Waals surface area contributed by atoms with Crippen LogP contribution in [-0.2, 0) is 9.53 Å². The number of nitrogens with one attached hydrogen (secondary N) is 2. The highest BCUT2D eigenvalue weighted by atomic mass is 32.1. The molecule has 1 atom stereocenters. The van der Waals surface area contributed by atoms with Gasteiger partial charge in [0.05, 0.1) is 11.3 Å². The third kappa shape index (κ3) is 4.23. The normalized spacial score (nSPS) is 11.6. The van der Waals surface area contributed by atoms with Crippen molar-refractivity contribution in [3.8, 4) is 0 Å². The topological polar surface area (TPSA) is 97.6 Å². The van der Waals surface area contributed by atoms with Crippen molar-refractivity contribution in [1.29, 1.82) is 0 Å². The molecule has 2 aromatic heterocycles. The maximum absolute atomic E-state index is 12.2. The highest BCUT2D eigenvalue weighted by Crippen LogP contribution is 2.28. The van der Waals surface area contributed by atoms with Gasteiger partial charge in [-0.15, -0.1) is 11.3 Å². The van der Waals surface area contributed by atoms with Crippen LogP contribution in [0.25, 0.3) is 0 Å². The fourth-order valence-electron chi connectivity index (χ4n) is 1.91. The minimum atomic E-state index is -0.889. The van der Waals surface area contributed by atoms with Gasteiger partial charge in [0.1, 0.15) is 4.88 Å². The SMILES string of the molecule is CCNC(=O)C(C)OC(=O)c1sc(NC(=O)c2ccco2)cc1C. The molecule has 0 aliphatic rings. The van der Waals surface area contributed by atoms with Gasteiger partial charge in [-0.25, -0.2) is 4.79 Å². The summed E-state index contributed by atoms with van der Waals surface area (Å²) in [6.07, 6.45) is 0.514. The van der Waals surface area contributed by atoms with Crippen LogP contribution in [0.2, 0.25) is 0 Å². The molecule has 2 N–H and O–H groups in total. The largest absolute Gasteiger partial charge is 0.459 e. The molecule has 7 nitrogen and oxygen atoms in total. The summed E-state index contributed by atoms with van der Waals surface area (Å²) in [6, 6.07) is 4.82. The number of thiophene rings is 1. The maximum Gasteiger partial charge on any atom is 0.349 e. The summed E-state index contributed by atoms with van der Waals surface area (Å²) in [5, 5.41) is 5.73. The van der Waals surface area contributed by atoms with Gasteiger partial charge in [0, 0.05) is 6.54 Å². The average molecular weight is 350 g/mol. The number of rotatable bonds is 6. The van der Waals surface area contributed by atoms with Crippen molar-refractivity contribution in [2.24, 2.45) is 0 Å². The van der Waals surface area contributed by atoms with Gasteiger partial charge in [-0.05, 0) is 44.5 Å². The van der Waals surface area contributed by atoms with E-state index in [2.05, 4.69) is 10.6 Å². The third-order valence-corrected chi connectivity index (χ3v) is 4.22. The lowest BCUT2D eigenvalue weighted by Crippen LogP contribution is -2.35. The number of hydrogen-bond acceptors (Lipinski definition) is 6. The van der Waals surface area contributed by atoms with E-state index in [0.29, 0.717) is 22.0 Å². The van der Waals surface area contributed by atoms with Gasteiger partial charge in [0.2, 0.25) is 0 Å². The van der Waals surface area contributed by atoms with E-state index in [1.165, 1.54) is 13.2 Å². The molecular formula is C16H18N2O5S. The molecule has 128 valence electrons. The Morgan fingerprint density at radius 1 is 1.38 bits per heavy atom. The maximum atomic E-state index is 12.2. The molecule has 8 heteroatoms. The molecule has 0 saturated heterocycles. The van der Waals surface area contributed by atoms with E-state index in [9.17, 15) is 14.4 Å². The number of furan rings is 1. The number of ether oxygens (including phenoxy) is 1. The molecule has 0 aliphatic carbocycles. The third-order valence-electron chi connectivity index (χ3n) is 3.09. The first-order valence-electron chi connectivity index (χ1n) is 7.36. The first kappa shape index (κ1) is 17.7. The fourth-order valence-corrected chi connectivity index (χ4v) is 2.86. The predicted molar refractivity (Wildman–Crippen MR) is 89.3 cm³/mol. The molecule has 0 fully saturated rings. The Morgan fingerprint density at radius 2 is 2.12 bits per heavy atom. The van der Waals surface area contributed by atoms with E-state index in [4.69, 9.17) is 9.15 Å². The number of likely N-dealkylation sites (N-methyl/N-ethyl adjacent to an activating group) is 1. The standard InChI is InChI=1S/C16H18N2O5S/c1-4-17-14(19)10(3)23-16(21)13-9(2)8-12(24-13)18-15(20)11-6-5-7-22-11/h5-8,10H,4H2,1-3H3,(H,17,19)(H,18,20). The van der Waals surface area contributed by atoms with Crippen LogP contribution < -0.4 is 10.6 Å². The number of carbonyl (C=O) groups excluding carboxylic acids is 3. The number of hydrogen-bond donors (Lipinski definition) is 2. The zero-order chi connectivity index (χ0) is 17.7. The Hall–Kier alpha value is -2.61. The first-order valence-corrected chi connectivity index (χ1v) is 8.18. The Balaban J connectivity index is 2.04. The number of aryl methyl sites for hydroxylation is 1. The van der Waals surface area contributed by atoms with Crippen LogP contribution in [0.1, 0.15) is 39.6 Å². The number of esters is 1. The minimum absolute atomic E-state index is 0.176. The second-order valence-electron chi connectivity index (χ2n) is 5.00. The van der Waals surface area contributed by atoms with Crippen LogP contribution in [0.3, 0.4) is 0 Å². The number of carbonyl (C=O) groups is 3. The van der Waals surface area contributed by atoms with E-state index in [0.717, 1.165) is 11.3 Å². The molecule has 2 rings (SSSR count). The Morgan fingerprint density at radius 3 is 2.75 bits per heavy atom. The second-order valence-corrected chi connectivity index (χ2v) is 6.05. The fraction of sp³-hybridized carbons (Fsp3) is 0.312. The molecule has 2 aromatic rings. The monoisotopic (exact) mass is 350 g/mol. The van der Waals surface area contributed by atoms with Crippen molar-refractivity contribution >= 4 is 34.1 Å². The molecule has 1 unspecified atom stereocenters. The lowest BCUT2D eigenvalue weighted by Gasteiger charge is -2.12. The Labute approximate surface area is 143 Å². The van der Waals surface area contributed by atoms with Gasteiger partial charge >= 0.3 is 5.97 Å². The van der Waals surface area contributed by atoms with Crippen LogP contribution in [0.4, 0.5) is 5.00 Å². The molecule has 2 amide bonds. The summed E-state index contributed by atoms with van der Waals surface area (Å²) < 4.78 is 10.2. The van der Waals surface area contributed by atoms with Gasteiger partial charge in [-0.3, -0.25) is 9.59 Å². The molecular weight excluding hydrogens is 332 g/mol. The van der Waals surface area contributed by atoms with Gasteiger partial charge in [-0.2, -0.15) is 0 Å². The smallest absolute Gasteiger partial charge is 0.349 e. The van der Waals surface area contributed by atoms with E-state index in [1.54, 1.807) is 32.0 Å². The predicted octanol–water partition coefficient (Wildman–Crippen LogP) is 2.58. The Bertz CT molecular complexity index is 736. The van der Waals surface area contributed by atoms with E-state index in [1.807, 2.05) is 0 Å². The molecule has 0 spiro atoms. The van der Waals surface area contributed by atoms with E-state index < -0.39 is 18.0 Å². The van der Waals surface area contributed by atoms with Crippen LogP contribution in [0, 0.1) is 6.92 Å². The highest BCUT2D eigenvalue weighted by Gasteiger charge is 2.22. The summed E-state index contributed by atoms with van der Waals surface area (Å²) in [4.78, 5) is 36.1. The number of amides is 2. The van der Waals surface area contributed by atoms with Gasteiger partial charge in [0.25, 0.3) is 11.8 Å². The van der Waals surface area contributed by atoms with Gasteiger partial charge in [0.15, 0.2) is 11.9 Å². The molecule has 2 heterocycles. The van der Waals surface area contributed by atoms with E-state index >= 15 is 0 Å². The van der Waals surface area contributed by atoms with Crippen LogP contribution in [0.5, 0.6) is 0 Å². The van der Waals surface area contributed by atoms with Crippen LogP contribution in [0.15, 0.2) is 28.9 Å². The van der Waals surface area contributed by atoms with Crippen molar-refractivity contribution in [2.45, 2.75) is 26.9 Å². The molecule has 24 heavy (non-hydrogen) atoms. The van der Waals surface area contributed by atoms with Gasteiger partial charge < -0.3 is 19.8 Å². The highest BCUT2D eigenvalue weighted by molar-refractivity contribution is 7.18. The van der Waals surface area contributed by atoms with E-state index in [-0.39, 0.29) is 11.7 Å². The average Bonchev–Trinajstić information content (AvgIpc) is 3.17. The summed E-state index contributed by atoms with van der Waals surface area (Å²) in [5.74, 6) is -1.19. The summed E-state index contributed by atoms with van der Waals surface area (Å²) in [6.45, 7) is 5.48. The lowest BCUT2D eigenvalue weighted by molar-refractivity contribution is -0.128. The molecule has 0 aliphatic heterocycles. The van der Waals surface area contributed by atoms with Crippen LogP contribution in [-0.4, -0.2) is 30.4 Å². The molecule has 0 aromatic carbocycles. The molecule has 0 saturated carbocycles. The van der Waals surface area contributed by atoms with Crippen molar-refractivity contribution in [3.05, 3.63) is 40.7 Å². The van der Waals surface area contributed by atoms with Crippen molar-refractivity contribution in [3.63, 3.8) is 0 Å². The Kier molecular flexibility index (Phi) is 5.75. The first-order chi connectivity index (χ1) is 11.4. The zero-order valence-electron chi connectivity index (χ0n) is 13.5. The lowest BCUT2D eigenvalue weighted by atomic mass is 10.3. The summed E-state index contributed by atoms with van der Waals surface area (Å²) >= 11 is 1.08. The quantitative estimate of drug-likeness (QED) is 0.781. The van der Waals surface area contributed by atoms with Crippen LogP contribution >= 0.6 is 11.3 Å². The van der Waals surface area contributed by atoms with Crippen molar-refractivity contribution in [1.82, 2.24) is 5.32 Å². The van der Waals surface area contributed by atoms with Crippen molar-refractivity contribution in [2.75, 3.05) is 11.9 Å².